The number of hydrogen-bond donors (Lipinski definition) is 2. The number of ether oxygens (including phenoxy) is 1. The van der Waals surface area contributed by atoms with E-state index in [4.69, 9.17) is 9.72 Å². The smallest absolute Gasteiger partial charge is 0.409 e. The third kappa shape index (κ3) is 4.83. The van der Waals surface area contributed by atoms with Crippen LogP contribution in [0.25, 0.3) is 0 Å². The van der Waals surface area contributed by atoms with Gasteiger partial charge >= 0.3 is 6.09 Å². The maximum atomic E-state index is 11.9. The number of nitrogens with zero attached hydrogens (tertiary/aromatic N) is 3. The van der Waals surface area contributed by atoms with Crippen LogP contribution in [-0.4, -0.2) is 61.1 Å². The number of anilines is 2. The first kappa shape index (κ1) is 20.8. The van der Waals surface area contributed by atoms with Crippen LogP contribution in [0.3, 0.4) is 0 Å². The Morgan fingerprint density at radius 2 is 2.03 bits per heavy atom. The van der Waals surface area contributed by atoms with Crippen molar-refractivity contribution in [1.82, 2.24) is 9.88 Å². The Balaban J connectivity index is 1.45. The molecular weight excluding hydrogens is 396 g/mol. The quantitative estimate of drug-likeness (QED) is 0.688. The molecule has 160 valence electrons. The van der Waals surface area contributed by atoms with Gasteiger partial charge in [-0.2, -0.15) is 12.6 Å². The molecule has 0 bridgehead atoms. The van der Waals surface area contributed by atoms with Gasteiger partial charge < -0.3 is 19.9 Å². The van der Waals surface area contributed by atoms with E-state index in [0.717, 1.165) is 61.8 Å². The highest BCUT2D eigenvalue weighted by Gasteiger charge is 2.30. The lowest BCUT2D eigenvalue weighted by molar-refractivity contribution is 0.113. The zero-order chi connectivity index (χ0) is 20.9. The van der Waals surface area contributed by atoms with Gasteiger partial charge in [-0.05, 0) is 36.6 Å². The zero-order valence-corrected chi connectivity index (χ0v) is 18.4. The van der Waals surface area contributed by atoms with E-state index < -0.39 is 0 Å². The minimum Gasteiger partial charge on any atom is -0.453 e. The number of thiol groups is 1. The van der Waals surface area contributed by atoms with Crippen molar-refractivity contribution >= 4 is 30.2 Å². The van der Waals surface area contributed by atoms with E-state index in [1.54, 1.807) is 4.90 Å². The molecule has 1 aromatic carbocycles. The Labute approximate surface area is 184 Å². The van der Waals surface area contributed by atoms with Crippen LogP contribution in [-0.2, 0) is 11.2 Å². The molecule has 1 atom stereocenters. The van der Waals surface area contributed by atoms with Gasteiger partial charge in [0.2, 0.25) is 0 Å². The first-order valence-corrected chi connectivity index (χ1v) is 11.3. The van der Waals surface area contributed by atoms with Crippen LogP contribution >= 0.6 is 12.6 Å². The Kier molecular flexibility index (Phi) is 6.67. The fourth-order valence-corrected chi connectivity index (χ4v) is 4.52. The number of pyridine rings is 1. The van der Waals surface area contributed by atoms with Gasteiger partial charge in [0.1, 0.15) is 5.82 Å². The normalized spacial score (nSPS) is 19.3. The molecule has 0 aliphatic carbocycles. The number of nitrogens with one attached hydrogen (secondary N) is 1. The molecule has 1 amide bonds. The van der Waals surface area contributed by atoms with Crippen molar-refractivity contribution in [2.75, 3.05) is 49.3 Å². The molecule has 0 saturated carbocycles. The van der Waals surface area contributed by atoms with E-state index in [-0.39, 0.29) is 12.1 Å². The average Bonchev–Trinajstić information content (AvgIpc) is 2.73. The van der Waals surface area contributed by atoms with Gasteiger partial charge in [0, 0.05) is 55.6 Å². The molecule has 0 spiro atoms. The molecule has 0 radical (unpaired) electrons. The molecule has 2 fully saturated rings. The van der Waals surface area contributed by atoms with Crippen molar-refractivity contribution in [3.8, 4) is 0 Å². The van der Waals surface area contributed by atoms with Gasteiger partial charge in [0.05, 0.1) is 7.11 Å². The molecule has 2 aliphatic heterocycles. The van der Waals surface area contributed by atoms with E-state index in [1.807, 2.05) is 0 Å². The SMILES string of the molecule is COC(=O)N1CCCC(Nc2cc(CCS)nc(N3CC(c4ccccc4)C3)c2)C1. The molecule has 7 heteroatoms. The number of rotatable bonds is 6. The standard InChI is InChI=1S/C23H30N4O2S/c1-29-23(28)26-10-5-8-20(16-26)24-21-12-19(9-11-30)25-22(13-21)27-14-18(15-27)17-6-3-2-4-7-17/h2-4,6-7,12-13,18,20,30H,5,8-11,14-16H2,1H3,(H,24,25). The predicted molar refractivity (Wildman–Crippen MR) is 124 cm³/mol. The van der Waals surface area contributed by atoms with Crippen LogP contribution in [0.1, 0.15) is 30.0 Å². The number of piperidine rings is 1. The number of amides is 1. The summed E-state index contributed by atoms with van der Waals surface area (Å²) in [7, 11) is 1.44. The largest absolute Gasteiger partial charge is 0.453 e. The van der Waals surface area contributed by atoms with Gasteiger partial charge in [-0.15, -0.1) is 0 Å². The van der Waals surface area contributed by atoms with Crippen LogP contribution in [0.2, 0.25) is 0 Å². The van der Waals surface area contributed by atoms with Crippen LogP contribution in [0.5, 0.6) is 0 Å². The van der Waals surface area contributed by atoms with Gasteiger partial charge in [0.25, 0.3) is 0 Å². The van der Waals surface area contributed by atoms with E-state index in [0.29, 0.717) is 12.5 Å². The number of aryl methyl sites for hydroxylation is 1. The lowest BCUT2D eigenvalue weighted by Crippen LogP contribution is -2.46. The van der Waals surface area contributed by atoms with Gasteiger partial charge in [-0.25, -0.2) is 9.78 Å². The molecule has 2 aromatic rings. The van der Waals surface area contributed by atoms with Crippen LogP contribution in [0.15, 0.2) is 42.5 Å². The number of likely N-dealkylation sites (tertiary alicyclic amines) is 1. The van der Waals surface area contributed by atoms with E-state index >= 15 is 0 Å². The number of carbonyl (C=O) groups is 1. The first-order chi connectivity index (χ1) is 14.7. The van der Waals surface area contributed by atoms with Crippen molar-refractivity contribution in [1.29, 1.82) is 0 Å². The summed E-state index contributed by atoms with van der Waals surface area (Å²) in [6.45, 7) is 3.39. The summed E-state index contributed by atoms with van der Waals surface area (Å²) in [6, 6.07) is 15.1. The number of hydrogen-bond acceptors (Lipinski definition) is 6. The molecule has 1 N–H and O–H groups in total. The Bertz CT molecular complexity index is 858. The highest BCUT2D eigenvalue weighted by Crippen LogP contribution is 2.32. The number of benzene rings is 1. The molecular formula is C23H30N4O2S. The van der Waals surface area contributed by atoms with Gasteiger partial charge in [-0.1, -0.05) is 30.3 Å². The third-order valence-electron chi connectivity index (χ3n) is 5.93. The van der Waals surface area contributed by atoms with Crippen molar-refractivity contribution in [3.63, 3.8) is 0 Å². The van der Waals surface area contributed by atoms with Gasteiger partial charge in [0.15, 0.2) is 0 Å². The van der Waals surface area contributed by atoms with Crippen LogP contribution < -0.4 is 10.2 Å². The number of carbonyl (C=O) groups excluding carboxylic acids is 1. The Morgan fingerprint density at radius 3 is 2.77 bits per heavy atom. The summed E-state index contributed by atoms with van der Waals surface area (Å²) in [5.41, 5.74) is 3.51. The second-order valence-electron chi connectivity index (χ2n) is 8.09. The summed E-state index contributed by atoms with van der Waals surface area (Å²) in [5, 5.41) is 3.63. The van der Waals surface area contributed by atoms with Crippen molar-refractivity contribution in [2.24, 2.45) is 0 Å². The minimum atomic E-state index is -0.250. The Morgan fingerprint density at radius 1 is 1.23 bits per heavy atom. The second kappa shape index (κ2) is 9.60. The number of methoxy groups -OCH3 is 1. The van der Waals surface area contributed by atoms with Crippen molar-refractivity contribution in [3.05, 3.63) is 53.7 Å². The van der Waals surface area contributed by atoms with E-state index in [1.165, 1.54) is 12.7 Å². The van der Waals surface area contributed by atoms with E-state index in [9.17, 15) is 4.79 Å². The summed E-state index contributed by atoms with van der Waals surface area (Å²) in [4.78, 5) is 20.9. The zero-order valence-electron chi connectivity index (χ0n) is 17.5. The topological polar surface area (TPSA) is 57.7 Å². The molecule has 2 saturated heterocycles. The molecule has 2 aliphatic rings. The van der Waals surface area contributed by atoms with Crippen molar-refractivity contribution < 1.29 is 9.53 Å². The van der Waals surface area contributed by atoms with Crippen LogP contribution in [0, 0.1) is 0 Å². The lowest BCUT2D eigenvalue weighted by Gasteiger charge is -2.41. The summed E-state index contributed by atoms with van der Waals surface area (Å²) in [6.07, 6.45) is 2.59. The highest BCUT2D eigenvalue weighted by atomic mass is 32.1. The molecule has 1 unspecified atom stereocenters. The lowest BCUT2D eigenvalue weighted by atomic mass is 9.91. The van der Waals surface area contributed by atoms with E-state index in [2.05, 4.69) is 65.3 Å². The summed E-state index contributed by atoms with van der Waals surface area (Å²) >= 11 is 4.39. The minimum absolute atomic E-state index is 0.213. The first-order valence-electron chi connectivity index (χ1n) is 10.7. The van der Waals surface area contributed by atoms with Crippen molar-refractivity contribution in [2.45, 2.75) is 31.2 Å². The maximum Gasteiger partial charge on any atom is 0.409 e. The summed E-state index contributed by atoms with van der Waals surface area (Å²) < 4.78 is 4.89. The van der Waals surface area contributed by atoms with Gasteiger partial charge in [-0.3, -0.25) is 0 Å². The third-order valence-corrected chi connectivity index (χ3v) is 6.16. The second-order valence-corrected chi connectivity index (χ2v) is 8.54. The summed E-state index contributed by atoms with van der Waals surface area (Å²) in [5.74, 6) is 2.34. The molecule has 6 nitrogen and oxygen atoms in total. The monoisotopic (exact) mass is 426 g/mol. The molecule has 1 aromatic heterocycles. The Hall–Kier alpha value is -2.41. The molecule has 4 rings (SSSR count). The average molecular weight is 427 g/mol. The number of aromatic nitrogens is 1. The maximum absolute atomic E-state index is 11.9. The predicted octanol–water partition coefficient (Wildman–Crippen LogP) is 3.80. The fourth-order valence-electron chi connectivity index (χ4n) is 4.29. The fraction of sp³-hybridized carbons (Fsp3) is 0.478. The molecule has 3 heterocycles. The molecule has 30 heavy (non-hydrogen) atoms. The highest BCUT2D eigenvalue weighted by molar-refractivity contribution is 7.80. The van der Waals surface area contributed by atoms with Crippen LogP contribution in [0.4, 0.5) is 16.3 Å².